The van der Waals surface area contributed by atoms with E-state index in [9.17, 15) is 0 Å². The molecule has 4 heteroatoms. The van der Waals surface area contributed by atoms with Crippen LogP contribution in [0.25, 0.3) is 0 Å². The van der Waals surface area contributed by atoms with Crippen LogP contribution < -0.4 is 5.73 Å². The largest absolute Gasteiger partial charge is 0.370 e. The molecular formula is C13H23N3O. The van der Waals surface area contributed by atoms with Crippen LogP contribution in [-0.4, -0.2) is 21.9 Å². The summed E-state index contributed by atoms with van der Waals surface area (Å²) in [6.07, 6.45) is 5.87. The first-order valence-electron chi connectivity index (χ1n) is 6.59. The molecule has 1 fully saturated rings. The van der Waals surface area contributed by atoms with Crippen molar-refractivity contribution in [3.05, 3.63) is 17.5 Å². The fraction of sp³-hybridized carbons (Fsp3) is 0.769. The summed E-state index contributed by atoms with van der Waals surface area (Å²) in [5.74, 6) is 0. The van der Waals surface area contributed by atoms with E-state index in [0.29, 0.717) is 6.61 Å². The van der Waals surface area contributed by atoms with Crippen LogP contribution in [0.4, 0.5) is 0 Å². The molecule has 2 atom stereocenters. The standard InChI is InChI=1S/C13H23N3O/c1-3-10-8-11(16(2)15-10)9-17-13-7-5-4-6-12(13)14/h8,12-13H,3-7,9,14H2,1-2H3. The Balaban J connectivity index is 1.90. The SMILES string of the molecule is CCc1cc(COC2CCCCC2N)n(C)n1. The number of aromatic nitrogens is 2. The van der Waals surface area contributed by atoms with Crippen molar-refractivity contribution in [2.24, 2.45) is 12.8 Å². The molecule has 17 heavy (non-hydrogen) atoms. The van der Waals surface area contributed by atoms with Gasteiger partial charge in [-0.1, -0.05) is 19.8 Å². The summed E-state index contributed by atoms with van der Waals surface area (Å²) >= 11 is 0. The zero-order valence-corrected chi connectivity index (χ0v) is 10.9. The first-order valence-corrected chi connectivity index (χ1v) is 6.59. The molecule has 2 rings (SSSR count). The van der Waals surface area contributed by atoms with Crippen molar-refractivity contribution in [3.8, 4) is 0 Å². The molecule has 4 nitrogen and oxygen atoms in total. The van der Waals surface area contributed by atoms with Crippen molar-refractivity contribution in [1.29, 1.82) is 0 Å². The van der Waals surface area contributed by atoms with Gasteiger partial charge in [-0.3, -0.25) is 4.68 Å². The average Bonchev–Trinajstić information content (AvgIpc) is 2.69. The van der Waals surface area contributed by atoms with Crippen LogP contribution in [0, 0.1) is 0 Å². The second-order valence-electron chi connectivity index (χ2n) is 4.90. The Morgan fingerprint density at radius 2 is 2.24 bits per heavy atom. The van der Waals surface area contributed by atoms with E-state index in [1.165, 1.54) is 12.8 Å². The fourth-order valence-corrected chi connectivity index (χ4v) is 2.40. The molecule has 0 bridgehead atoms. The van der Waals surface area contributed by atoms with Crippen LogP contribution in [0.2, 0.25) is 0 Å². The van der Waals surface area contributed by atoms with E-state index >= 15 is 0 Å². The van der Waals surface area contributed by atoms with Crippen molar-refractivity contribution < 1.29 is 4.74 Å². The summed E-state index contributed by atoms with van der Waals surface area (Å²) < 4.78 is 7.84. The van der Waals surface area contributed by atoms with Gasteiger partial charge in [0.25, 0.3) is 0 Å². The van der Waals surface area contributed by atoms with E-state index in [4.69, 9.17) is 10.5 Å². The van der Waals surface area contributed by atoms with Crippen molar-refractivity contribution >= 4 is 0 Å². The molecule has 0 spiro atoms. The summed E-state index contributed by atoms with van der Waals surface area (Å²) in [5, 5.41) is 4.42. The third-order valence-electron chi connectivity index (χ3n) is 3.59. The average molecular weight is 237 g/mol. The Morgan fingerprint density at radius 3 is 2.88 bits per heavy atom. The number of nitrogens with zero attached hydrogens (tertiary/aromatic N) is 2. The molecule has 0 aliphatic heterocycles. The topological polar surface area (TPSA) is 53.1 Å². The van der Waals surface area contributed by atoms with E-state index in [0.717, 1.165) is 30.7 Å². The van der Waals surface area contributed by atoms with E-state index < -0.39 is 0 Å². The quantitative estimate of drug-likeness (QED) is 0.868. The van der Waals surface area contributed by atoms with E-state index in [-0.39, 0.29) is 12.1 Å². The van der Waals surface area contributed by atoms with E-state index in [2.05, 4.69) is 18.1 Å². The summed E-state index contributed by atoms with van der Waals surface area (Å²) in [4.78, 5) is 0. The van der Waals surface area contributed by atoms with E-state index in [1.54, 1.807) is 0 Å². The van der Waals surface area contributed by atoms with Gasteiger partial charge in [-0.2, -0.15) is 5.10 Å². The minimum atomic E-state index is 0.211. The lowest BCUT2D eigenvalue weighted by Crippen LogP contribution is -2.39. The number of nitrogens with two attached hydrogens (primary N) is 1. The summed E-state index contributed by atoms with van der Waals surface area (Å²) in [5.41, 5.74) is 8.33. The normalized spacial score (nSPS) is 25.1. The Bertz CT molecular complexity index is 362. The first kappa shape index (κ1) is 12.6. The number of aryl methyl sites for hydroxylation is 2. The Morgan fingerprint density at radius 1 is 1.47 bits per heavy atom. The molecule has 1 aromatic heterocycles. The molecule has 2 N–H and O–H groups in total. The second kappa shape index (κ2) is 5.65. The highest BCUT2D eigenvalue weighted by Crippen LogP contribution is 2.20. The van der Waals surface area contributed by atoms with Crippen LogP contribution in [0.5, 0.6) is 0 Å². The predicted molar refractivity (Wildman–Crippen MR) is 67.6 cm³/mol. The summed E-state index contributed by atoms with van der Waals surface area (Å²) in [6, 6.07) is 2.33. The maximum atomic E-state index is 6.07. The molecule has 0 saturated heterocycles. The van der Waals surface area contributed by atoms with Crippen molar-refractivity contribution in [2.45, 2.75) is 57.8 Å². The molecule has 1 aromatic rings. The molecule has 0 amide bonds. The maximum Gasteiger partial charge on any atom is 0.0889 e. The third kappa shape index (κ3) is 3.07. The number of hydrogen-bond donors (Lipinski definition) is 1. The lowest BCUT2D eigenvalue weighted by atomic mass is 9.93. The molecule has 0 radical (unpaired) electrons. The van der Waals surface area contributed by atoms with Crippen molar-refractivity contribution in [3.63, 3.8) is 0 Å². The Hall–Kier alpha value is -0.870. The van der Waals surface area contributed by atoms with Gasteiger partial charge in [0, 0.05) is 13.1 Å². The van der Waals surface area contributed by atoms with Crippen LogP contribution in [0.1, 0.15) is 44.0 Å². The fourth-order valence-electron chi connectivity index (χ4n) is 2.40. The lowest BCUT2D eigenvalue weighted by molar-refractivity contribution is 0.00132. The van der Waals surface area contributed by atoms with Crippen LogP contribution in [-0.2, 0) is 24.8 Å². The molecule has 0 aromatic carbocycles. The van der Waals surface area contributed by atoms with Gasteiger partial charge in [0.2, 0.25) is 0 Å². The van der Waals surface area contributed by atoms with Crippen molar-refractivity contribution in [1.82, 2.24) is 9.78 Å². The molecular weight excluding hydrogens is 214 g/mol. The highest BCUT2D eigenvalue weighted by atomic mass is 16.5. The summed E-state index contributed by atoms with van der Waals surface area (Å²) in [7, 11) is 1.97. The monoisotopic (exact) mass is 237 g/mol. The predicted octanol–water partition coefficient (Wildman–Crippen LogP) is 1.77. The third-order valence-corrected chi connectivity index (χ3v) is 3.59. The first-order chi connectivity index (χ1) is 8.20. The van der Waals surface area contributed by atoms with Gasteiger partial charge in [-0.25, -0.2) is 0 Å². The second-order valence-corrected chi connectivity index (χ2v) is 4.90. The number of rotatable bonds is 4. The molecule has 96 valence electrons. The maximum absolute atomic E-state index is 6.07. The van der Waals surface area contributed by atoms with Crippen LogP contribution in [0.15, 0.2) is 6.07 Å². The van der Waals surface area contributed by atoms with Crippen LogP contribution in [0.3, 0.4) is 0 Å². The lowest BCUT2D eigenvalue weighted by Gasteiger charge is -2.28. The molecule has 1 aliphatic rings. The van der Waals surface area contributed by atoms with Gasteiger partial charge in [0.15, 0.2) is 0 Å². The highest BCUT2D eigenvalue weighted by Gasteiger charge is 2.22. The van der Waals surface area contributed by atoms with Gasteiger partial charge in [-0.05, 0) is 25.3 Å². The number of hydrogen-bond acceptors (Lipinski definition) is 3. The summed E-state index contributed by atoms with van der Waals surface area (Å²) in [6.45, 7) is 2.74. The van der Waals surface area contributed by atoms with Gasteiger partial charge in [0.05, 0.1) is 24.1 Å². The molecule has 1 aliphatic carbocycles. The Labute approximate surface area is 103 Å². The highest BCUT2D eigenvalue weighted by molar-refractivity contribution is 5.09. The van der Waals surface area contributed by atoms with E-state index in [1.807, 2.05) is 11.7 Å². The van der Waals surface area contributed by atoms with Crippen LogP contribution >= 0.6 is 0 Å². The Kier molecular flexibility index (Phi) is 4.18. The van der Waals surface area contributed by atoms with Crippen molar-refractivity contribution in [2.75, 3.05) is 0 Å². The van der Waals surface area contributed by atoms with Gasteiger partial charge in [0.1, 0.15) is 0 Å². The zero-order chi connectivity index (χ0) is 12.3. The minimum Gasteiger partial charge on any atom is -0.370 e. The smallest absolute Gasteiger partial charge is 0.0889 e. The van der Waals surface area contributed by atoms with Gasteiger partial charge < -0.3 is 10.5 Å². The molecule has 1 saturated carbocycles. The van der Waals surface area contributed by atoms with Gasteiger partial charge >= 0.3 is 0 Å². The zero-order valence-electron chi connectivity index (χ0n) is 10.9. The van der Waals surface area contributed by atoms with Gasteiger partial charge in [-0.15, -0.1) is 0 Å². The number of ether oxygens (including phenoxy) is 1. The molecule has 1 heterocycles. The molecule has 2 unspecified atom stereocenters. The minimum absolute atomic E-state index is 0.211.